The minimum Gasteiger partial charge on any atom is -0.496 e. The van der Waals surface area contributed by atoms with Gasteiger partial charge >= 0.3 is 6.18 Å². The zero-order valence-electron chi connectivity index (χ0n) is 21.7. The van der Waals surface area contributed by atoms with Gasteiger partial charge in [-0.05, 0) is 50.5 Å². The normalized spacial score (nSPS) is 16.4. The van der Waals surface area contributed by atoms with E-state index >= 15 is 0 Å². The number of carbonyl (C=O) groups is 1. The van der Waals surface area contributed by atoms with E-state index in [2.05, 4.69) is 15.3 Å². The molecule has 1 aliphatic rings. The predicted molar refractivity (Wildman–Crippen MR) is 136 cm³/mol. The molecule has 38 heavy (non-hydrogen) atoms. The molecule has 0 spiro atoms. The molecule has 0 bridgehead atoms. The van der Waals surface area contributed by atoms with Gasteiger partial charge in [-0.2, -0.15) is 13.2 Å². The molecule has 0 saturated carbocycles. The standard InChI is InChI=1S/C27H31F3N4O4/c1-16(18-6-5-7-19(12-18)27(28,29)30)31-25-20-13-21(23(38-4)14-22(20)32-17(2)33-25)26(36)8-10-34(11-9-26)24(35)15-37-3/h5-7,12-14,16,36H,8-11,15H2,1-4H3,(H,31,32,33)/t16-/m1/s1. The summed E-state index contributed by atoms with van der Waals surface area (Å²) < 4.78 is 50.3. The second kappa shape index (κ2) is 10.7. The second-order valence-corrected chi connectivity index (χ2v) is 9.52. The Morgan fingerprint density at radius 3 is 2.53 bits per heavy atom. The van der Waals surface area contributed by atoms with E-state index in [9.17, 15) is 23.1 Å². The van der Waals surface area contributed by atoms with E-state index < -0.39 is 23.4 Å². The van der Waals surface area contributed by atoms with E-state index in [0.29, 0.717) is 65.4 Å². The van der Waals surface area contributed by atoms with Gasteiger partial charge in [0.1, 0.15) is 24.0 Å². The summed E-state index contributed by atoms with van der Waals surface area (Å²) in [5.74, 6) is 1.21. The molecule has 0 radical (unpaired) electrons. The molecule has 204 valence electrons. The fourth-order valence-electron chi connectivity index (χ4n) is 4.80. The number of hydrogen-bond donors (Lipinski definition) is 2. The average Bonchev–Trinajstić information content (AvgIpc) is 2.88. The minimum atomic E-state index is -4.45. The first-order valence-corrected chi connectivity index (χ1v) is 12.2. The van der Waals surface area contributed by atoms with Crippen LogP contribution in [0.25, 0.3) is 10.9 Å². The van der Waals surface area contributed by atoms with Crippen LogP contribution in [0.15, 0.2) is 36.4 Å². The number of piperidine rings is 1. The van der Waals surface area contributed by atoms with Gasteiger partial charge in [-0.3, -0.25) is 4.79 Å². The number of alkyl halides is 3. The van der Waals surface area contributed by atoms with Crippen LogP contribution in [0.3, 0.4) is 0 Å². The van der Waals surface area contributed by atoms with Crippen molar-refractivity contribution in [3.63, 3.8) is 0 Å². The lowest BCUT2D eigenvalue weighted by atomic mass is 9.83. The highest BCUT2D eigenvalue weighted by molar-refractivity contribution is 5.91. The van der Waals surface area contributed by atoms with Crippen molar-refractivity contribution in [2.75, 3.05) is 39.2 Å². The molecule has 11 heteroatoms. The van der Waals surface area contributed by atoms with Crippen molar-refractivity contribution in [2.45, 2.75) is 44.5 Å². The van der Waals surface area contributed by atoms with E-state index in [1.807, 2.05) is 0 Å². The fraction of sp³-hybridized carbons (Fsp3) is 0.444. The van der Waals surface area contributed by atoms with Gasteiger partial charge in [0.05, 0.1) is 23.8 Å². The summed E-state index contributed by atoms with van der Waals surface area (Å²) in [6, 6.07) is 8.14. The molecule has 1 saturated heterocycles. The summed E-state index contributed by atoms with van der Waals surface area (Å²) in [6.45, 7) is 4.15. The summed E-state index contributed by atoms with van der Waals surface area (Å²) in [6.07, 6.45) is -3.86. The highest BCUT2D eigenvalue weighted by Crippen LogP contribution is 2.41. The summed E-state index contributed by atoms with van der Waals surface area (Å²) in [7, 11) is 2.97. The number of aromatic nitrogens is 2. The Kier molecular flexibility index (Phi) is 7.80. The third kappa shape index (κ3) is 5.68. The van der Waals surface area contributed by atoms with Gasteiger partial charge in [0.15, 0.2) is 0 Å². The Morgan fingerprint density at radius 2 is 1.89 bits per heavy atom. The Bertz CT molecular complexity index is 1320. The van der Waals surface area contributed by atoms with Crippen LogP contribution in [-0.4, -0.2) is 59.8 Å². The van der Waals surface area contributed by atoms with E-state index in [1.54, 1.807) is 36.9 Å². The van der Waals surface area contributed by atoms with E-state index in [1.165, 1.54) is 20.3 Å². The van der Waals surface area contributed by atoms with Crippen molar-refractivity contribution < 1.29 is 32.5 Å². The molecule has 8 nitrogen and oxygen atoms in total. The zero-order chi connectivity index (χ0) is 27.7. The highest BCUT2D eigenvalue weighted by Gasteiger charge is 2.38. The smallest absolute Gasteiger partial charge is 0.416 e. The Labute approximate surface area is 218 Å². The van der Waals surface area contributed by atoms with E-state index in [4.69, 9.17) is 9.47 Å². The van der Waals surface area contributed by atoms with Crippen molar-refractivity contribution >= 4 is 22.6 Å². The van der Waals surface area contributed by atoms with Gasteiger partial charge in [-0.15, -0.1) is 0 Å². The largest absolute Gasteiger partial charge is 0.496 e. The summed E-state index contributed by atoms with van der Waals surface area (Å²) in [5.41, 5.74) is -0.443. The van der Waals surface area contributed by atoms with Gasteiger partial charge in [0.25, 0.3) is 0 Å². The highest BCUT2D eigenvalue weighted by atomic mass is 19.4. The van der Waals surface area contributed by atoms with E-state index in [0.717, 1.165) is 12.1 Å². The molecular weight excluding hydrogens is 501 g/mol. The maximum absolute atomic E-state index is 13.3. The number of ether oxygens (including phenoxy) is 2. The summed E-state index contributed by atoms with van der Waals surface area (Å²) in [4.78, 5) is 22.9. The van der Waals surface area contributed by atoms with Gasteiger partial charge < -0.3 is 24.8 Å². The second-order valence-electron chi connectivity index (χ2n) is 9.52. The number of nitrogens with zero attached hydrogens (tertiary/aromatic N) is 3. The third-order valence-corrected chi connectivity index (χ3v) is 6.91. The van der Waals surface area contributed by atoms with Crippen molar-refractivity contribution in [2.24, 2.45) is 0 Å². The summed E-state index contributed by atoms with van der Waals surface area (Å²) in [5, 5.41) is 15.5. The molecule has 1 aliphatic heterocycles. The van der Waals surface area contributed by atoms with Crippen LogP contribution in [0.5, 0.6) is 5.75 Å². The minimum absolute atomic E-state index is 0.0203. The number of halogens is 3. The number of methoxy groups -OCH3 is 2. The van der Waals surface area contributed by atoms with Crippen LogP contribution < -0.4 is 10.1 Å². The van der Waals surface area contributed by atoms with Crippen LogP contribution in [0.4, 0.5) is 19.0 Å². The van der Waals surface area contributed by atoms with Crippen LogP contribution in [0, 0.1) is 6.92 Å². The Hall–Kier alpha value is -3.44. The molecule has 3 aromatic rings. The molecule has 4 rings (SSSR count). The number of aliphatic hydroxyl groups is 1. The average molecular weight is 533 g/mol. The Balaban J connectivity index is 1.69. The van der Waals surface area contributed by atoms with Crippen molar-refractivity contribution in [3.8, 4) is 5.75 Å². The van der Waals surface area contributed by atoms with Crippen LogP contribution >= 0.6 is 0 Å². The van der Waals surface area contributed by atoms with Crippen molar-refractivity contribution in [1.82, 2.24) is 14.9 Å². The number of carbonyl (C=O) groups excluding carboxylic acids is 1. The first-order valence-electron chi connectivity index (χ1n) is 12.2. The lowest BCUT2D eigenvalue weighted by Crippen LogP contribution is -2.46. The molecule has 1 fully saturated rings. The molecule has 1 aromatic heterocycles. The first-order chi connectivity index (χ1) is 17.9. The molecule has 0 aliphatic carbocycles. The number of nitrogens with one attached hydrogen (secondary N) is 1. The number of likely N-dealkylation sites (tertiary alicyclic amines) is 1. The van der Waals surface area contributed by atoms with Gasteiger partial charge in [-0.25, -0.2) is 9.97 Å². The molecule has 2 heterocycles. The van der Waals surface area contributed by atoms with Crippen LogP contribution in [-0.2, 0) is 21.3 Å². The third-order valence-electron chi connectivity index (χ3n) is 6.91. The van der Waals surface area contributed by atoms with Crippen molar-refractivity contribution in [1.29, 1.82) is 0 Å². The van der Waals surface area contributed by atoms with E-state index in [-0.39, 0.29) is 12.5 Å². The molecule has 0 unspecified atom stereocenters. The molecule has 1 amide bonds. The Morgan fingerprint density at radius 1 is 1.18 bits per heavy atom. The molecule has 2 N–H and O–H groups in total. The molecule has 2 aromatic carbocycles. The zero-order valence-corrected chi connectivity index (χ0v) is 21.7. The molecular formula is C27H31F3N4O4. The number of benzene rings is 2. The maximum atomic E-state index is 13.3. The fourth-order valence-corrected chi connectivity index (χ4v) is 4.80. The van der Waals surface area contributed by atoms with Crippen molar-refractivity contribution in [3.05, 3.63) is 58.9 Å². The number of fused-ring (bicyclic) bond motifs is 1. The van der Waals surface area contributed by atoms with Gasteiger partial charge in [0.2, 0.25) is 5.91 Å². The molecule has 1 atom stereocenters. The number of hydrogen-bond acceptors (Lipinski definition) is 7. The predicted octanol–water partition coefficient (Wildman–Crippen LogP) is 4.60. The number of rotatable bonds is 7. The van der Waals surface area contributed by atoms with Gasteiger partial charge in [-0.1, -0.05) is 12.1 Å². The van der Waals surface area contributed by atoms with Crippen LogP contribution in [0.2, 0.25) is 0 Å². The van der Waals surface area contributed by atoms with Crippen LogP contribution in [0.1, 0.15) is 48.3 Å². The number of anilines is 1. The topological polar surface area (TPSA) is 96.8 Å². The lowest BCUT2D eigenvalue weighted by Gasteiger charge is -2.39. The first kappa shape index (κ1) is 27.6. The maximum Gasteiger partial charge on any atom is 0.416 e. The summed E-state index contributed by atoms with van der Waals surface area (Å²) >= 11 is 0. The monoisotopic (exact) mass is 532 g/mol. The van der Waals surface area contributed by atoms with Gasteiger partial charge in [0, 0.05) is 43.3 Å². The SMILES string of the molecule is COCC(=O)N1CCC(O)(c2cc3c(N[C@H](C)c4cccc(C(F)(F)F)c4)nc(C)nc3cc2OC)CC1. The quantitative estimate of drug-likeness (QED) is 0.459. The number of aryl methyl sites for hydroxylation is 1. The number of amides is 1. The lowest BCUT2D eigenvalue weighted by molar-refractivity contribution is -0.140.